The van der Waals surface area contributed by atoms with Crippen LogP contribution in [0.3, 0.4) is 0 Å². The van der Waals surface area contributed by atoms with Crippen LogP contribution in [0.25, 0.3) is 0 Å². The van der Waals surface area contributed by atoms with Crippen molar-refractivity contribution in [2.24, 2.45) is 11.1 Å². The van der Waals surface area contributed by atoms with Gasteiger partial charge in [-0.3, -0.25) is 4.79 Å². The predicted octanol–water partition coefficient (Wildman–Crippen LogP) is 5.31. The zero-order valence-electron chi connectivity index (χ0n) is 14.9. The third-order valence-corrected chi connectivity index (χ3v) is 5.19. The van der Waals surface area contributed by atoms with Crippen molar-refractivity contribution in [1.82, 2.24) is 0 Å². The van der Waals surface area contributed by atoms with Gasteiger partial charge in [0.15, 0.2) is 5.78 Å². The van der Waals surface area contributed by atoms with Gasteiger partial charge in [0.2, 0.25) is 0 Å². The molecule has 1 unspecified atom stereocenters. The number of aliphatic hydroxyl groups is 1. The Balaban J connectivity index is 1.88. The van der Waals surface area contributed by atoms with E-state index >= 15 is 0 Å². The van der Waals surface area contributed by atoms with Crippen molar-refractivity contribution in [3.63, 3.8) is 0 Å². The first-order valence-electron chi connectivity index (χ1n) is 8.55. The standard InChI is InChI=1S/C19H23F2NO3S/c1-3-25-22-12(2)18-16(23)10-13(11-17(18)24)8-9-26-15-6-4-14(5-7-15)19(20)21/h4-7,13,19,23H,3,8-11H2,1-2H3. The number of Topliss-reactive ketones (excluding diaryl/α,β-unsaturated/α-hetero) is 1. The van der Waals surface area contributed by atoms with Gasteiger partial charge >= 0.3 is 0 Å². The lowest BCUT2D eigenvalue weighted by Gasteiger charge is -2.23. The molecule has 1 aliphatic carbocycles. The number of carbonyl (C=O) groups excluding carboxylic acids is 1. The van der Waals surface area contributed by atoms with Crippen molar-refractivity contribution in [1.29, 1.82) is 0 Å². The Hall–Kier alpha value is -1.89. The summed E-state index contributed by atoms with van der Waals surface area (Å²) in [7, 11) is 0. The third kappa shape index (κ3) is 5.56. The highest BCUT2D eigenvalue weighted by Gasteiger charge is 2.29. The van der Waals surface area contributed by atoms with Gasteiger partial charge in [-0.05, 0) is 44.1 Å². The van der Waals surface area contributed by atoms with Crippen LogP contribution >= 0.6 is 11.8 Å². The van der Waals surface area contributed by atoms with Crippen LogP contribution in [0.2, 0.25) is 0 Å². The summed E-state index contributed by atoms with van der Waals surface area (Å²) in [6, 6.07) is 6.22. The number of thioether (sulfide) groups is 1. The van der Waals surface area contributed by atoms with Gasteiger partial charge in [0.25, 0.3) is 6.43 Å². The SMILES string of the molecule is CCON=C(C)C1=C(O)CC(CCSc2ccc(C(F)F)cc2)CC1=O. The maximum absolute atomic E-state index is 12.5. The van der Waals surface area contributed by atoms with Gasteiger partial charge < -0.3 is 9.94 Å². The highest BCUT2D eigenvalue weighted by atomic mass is 32.2. The average molecular weight is 383 g/mol. The highest BCUT2D eigenvalue weighted by Crippen LogP contribution is 2.31. The molecule has 0 radical (unpaired) electrons. The lowest BCUT2D eigenvalue weighted by Crippen LogP contribution is -2.24. The van der Waals surface area contributed by atoms with E-state index in [1.807, 2.05) is 0 Å². The largest absolute Gasteiger partial charge is 0.511 e. The quantitative estimate of drug-likeness (QED) is 0.375. The molecule has 1 aliphatic rings. The number of oxime groups is 1. The number of nitrogens with zero attached hydrogens (tertiary/aromatic N) is 1. The molecule has 1 aromatic rings. The zero-order chi connectivity index (χ0) is 19.1. The molecule has 1 N–H and O–H groups in total. The molecule has 0 bridgehead atoms. The molecule has 7 heteroatoms. The van der Waals surface area contributed by atoms with Crippen molar-refractivity contribution in [3.8, 4) is 0 Å². The van der Waals surface area contributed by atoms with E-state index in [-0.39, 0.29) is 28.6 Å². The van der Waals surface area contributed by atoms with E-state index < -0.39 is 6.43 Å². The lowest BCUT2D eigenvalue weighted by molar-refractivity contribution is -0.116. The van der Waals surface area contributed by atoms with Crippen molar-refractivity contribution < 1.29 is 23.5 Å². The number of alkyl halides is 2. The minimum atomic E-state index is -2.46. The maximum Gasteiger partial charge on any atom is 0.263 e. The average Bonchev–Trinajstić information content (AvgIpc) is 2.59. The van der Waals surface area contributed by atoms with Crippen molar-refractivity contribution >= 4 is 23.3 Å². The number of carbonyl (C=O) groups is 1. The molecule has 0 saturated heterocycles. The van der Waals surface area contributed by atoms with Crippen LogP contribution in [0.1, 0.15) is 45.1 Å². The van der Waals surface area contributed by atoms with E-state index in [9.17, 15) is 18.7 Å². The summed E-state index contributed by atoms with van der Waals surface area (Å²) in [5.74, 6) is 0.768. The normalized spacial score (nSPS) is 18.6. The van der Waals surface area contributed by atoms with Gasteiger partial charge in [0.05, 0.1) is 11.3 Å². The molecule has 0 fully saturated rings. The van der Waals surface area contributed by atoms with Crippen LogP contribution in [0.4, 0.5) is 8.78 Å². The fourth-order valence-corrected chi connectivity index (χ4v) is 3.86. The van der Waals surface area contributed by atoms with Gasteiger partial charge in [-0.25, -0.2) is 8.78 Å². The summed E-state index contributed by atoms with van der Waals surface area (Å²) >= 11 is 1.56. The van der Waals surface area contributed by atoms with Crippen LogP contribution in [0.5, 0.6) is 0 Å². The Morgan fingerprint density at radius 3 is 2.62 bits per heavy atom. The molecule has 142 valence electrons. The first-order valence-corrected chi connectivity index (χ1v) is 9.54. The predicted molar refractivity (Wildman–Crippen MR) is 98.9 cm³/mol. The van der Waals surface area contributed by atoms with E-state index in [0.29, 0.717) is 25.2 Å². The van der Waals surface area contributed by atoms with Gasteiger partial charge in [0, 0.05) is 23.3 Å². The first-order chi connectivity index (χ1) is 12.4. The first kappa shape index (κ1) is 20.4. The topological polar surface area (TPSA) is 58.9 Å². The second-order valence-corrected chi connectivity index (χ2v) is 7.29. The van der Waals surface area contributed by atoms with Gasteiger partial charge in [0.1, 0.15) is 12.4 Å². The van der Waals surface area contributed by atoms with Crippen LogP contribution in [0, 0.1) is 5.92 Å². The molecular formula is C19H23F2NO3S. The molecule has 26 heavy (non-hydrogen) atoms. The fraction of sp³-hybridized carbons (Fsp3) is 0.474. The van der Waals surface area contributed by atoms with Crippen LogP contribution in [-0.4, -0.2) is 29.0 Å². The van der Waals surface area contributed by atoms with E-state index in [1.165, 1.54) is 12.1 Å². The van der Waals surface area contributed by atoms with E-state index in [2.05, 4.69) is 5.16 Å². The van der Waals surface area contributed by atoms with Crippen LogP contribution < -0.4 is 0 Å². The highest BCUT2D eigenvalue weighted by molar-refractivity contribution is 7.99. The monoisotopic (exact) mass is 383 g/mol. The van der Waals surface area contributed by atoms with Crippen LogP contribution in [0.15, 0.2) is 45.6 Å². The Morgan fingerprint density at radius 2 is 2.04 bits per heavy atom. The number of hydrogen-bond acceptors (Lipinski definition) is 5. The molecule has 0 saturated carbocycles. The zero-order valence-corrected chi connectivity index (χ0v) is 15.7. The Bertz CT molecular complexity index is 687. The summed E-state index contributed by atoms with van der Waals surface area (Å²) in [4.78, 5) is 18.2. The van der Waals surface area contributed by atoms with E-state index in [4.69, 9.17) is 4.84 Å². The number of aliphatic hydroxyl groups excluding tert-OH is 1. The maximum atomic E-state index is 12.5. The second-order valence-electron chi connectivity index (χ2n) is 6.12. The second kappa shape index (κ2) is 9.71. The molecular weight excluding hydrogens is 360 g/mol. The number of rotatable bonds is 8. The molecule has 1 aromatic carbocycles. The molecule has 0 aliphatic heterocycles. The number of allylic oxidation sites excluding steroid dienone is 2. The van der Waals surface area contributed by atoms with Gasteiger partial charge in [-0.1, -0.05) is 17.3 Å². The van der Waals surface area contributed by atoms with Gasteiger partial charge in [-0.2, -0.15) is 0 Å². The van der Waals surface area contributed by atoms with E-state index in [0.717, 1.165) is 17.1 Å². The summed E-state index contributed by atoms with van der Waals surface area (Å²) < 4.78 is 25.1. The summed E-state index contributed by atoms with van der Waals surface area (Å²) in [5, 5.41) is 14.1. The Kier molecular flexibility index (Phi) is 7.63. The lowest BCUT2D eigenvalue weighted by atomic mass is 9.84. The van der Waals surface area contributed by atoms with E-state index in [1.54, 1.807) is 37.7 Å². The summed E-state index contributed by atoms with van der Waals surface area (Å²) in [6.07, 6.45) is -0.902. The van der Waals surface area contributed by atoms with Crippen molar-refractivity contribution in [3.05, 3.63) is 41.2 Å². The minimum Gasteiger partial charge on any atom is -0.511 e. The summed E-state index contributed by atoms with van der Waals surface area (Å²) in [6.45, 7) is 3.85. The minimum absolute atomic E-state index is 0.0129. The molecule has 0 aromatic heterocycles. The molecule has 0 spiro atoms. The summed E-state index contributed by atoms with van der Waals surface area (Å²) in [5.41, 5.74) is 0.685. The molecule has 1 atom stereocenters. The molecule has 0 heterocycles. The molecule has 2 rings (SSSR count). The number of halogens is 2. The molecule has 4 nitrogen and oxygen atoms in total. The number of hydrogen-bond donors (Lipinski definition) is 1. The number of ketones is 1. The Morgan fingerprint density at radius 1 is 1.35 bits per heavy atom. The Labute approximate surface area is 156 Å². The molecule has 0 amide bonds. The van der Waals surface area contributed by atoms with Gasteiger partial charge in [-0.15, -0.1) is 11.8 Å². The smallest absolute Gasteiger partial charge is 0.263 e. The van der Waals surface area contributed by atoms with Crippen LogP contribution in [-0.2, 0) is 9.63 Å². The van der Waals surface area contributed by atoms with Crippen molar-refractivity contribution in [2.45, 2.75) is 44.4 Å². The van der Waals surface area contributed by atoms with Crippen molar-refractivity contribution in [2.75, 3.05) is 12.4 Å². The fourth-order valence-electron chi connectivity index (χ4n) is 2.85. The third-order valence-electron chi connectivity index (χ3n) is 4.14. The number of benzene rings is 1.